The van der Waals surface area contributed by atoms with Crippen molar-refractivity contribution in [2.75, 3.05) is 19.6 Å². The van der Waals surface area contributed by atoms with Gasteiger partial charge in [-0.1, -0.05) is 73.7 Å². The lowest BCUT2D eigenvalue weighted by atomic mass is 10.0. The van der Waals surface area contributed by atoms with Gasteiger partial charge in [0.15, 0.2) is 17.5 Å². The van der Waals surface area contributed by atoms with Crippen LogP contribution in [0.4, 0.5) is 4.79 Å². The number of ether oxygens (including phenoxy) is 2. The number of hydrogen-bond donors (Lipinski definition) is 12. The van der Waals surface area contributed by atoms with Gasteiger partial charge in [-0.25, -0.2) is 14.4 Å². The van der Waals surface area contributed by atoms with Gasteiger partial charge in [-0.15, -0.1) is 5.48 Å². The molecule has 80 heavy (non-hydrogen) atoms. The molecule has 3 aliphatic rings. The van der Waals surface area contributed by atoms with Crippen molar-refractivity contribution in [2.45, 2.75) is 126 Å². The van der Waals surface area contributed by atoms with Crippen molar-refractivity contribution in [3.63, 3.8) is 0 Å². The summed E-state index contributed by atoms with van der Waals surface area (Å²) in [5, 5.41) is 62.4. The molecule has 29 nitrogen and oxygen atoms in total. The van der Waals surface area contributed by atoms with E-state index in [4.69, 9.17) is 29.1 Å². The van der Waals surface area contributed by atoms with Crippen molar-refractivity contribution in [2.24, 2.45) is 11.7 Å². The number of rotatable bonds is 15. The molecule has 3 saturated heterocycles. The first-order valence-corrected chi connectivity index (χ1v) is 26.5. The smallest absolute Gasteiger partial charge is 0.446 e. The Kier molecular flexibility index (Phi) is 21.6. The van der Waals surface area contributed by atoms with Crippen LogP contribution in [0.15, 0.2) is 78.9 Å². The number of aryl methyl sites for hydroxylation is 1. The summed E-state index contributed by atoms with van der Waals surface area (Å²) in [6.45, 7) is 0.548. The zero-order valence-electron chi connectivity index (χ0n) is 43.2. The molecular formula is C50H64N8O21S. The Hall–Kier alpha value is -7.55. The minimum Gasteiger partial charge on any atom is -0.485 e. The molecule has 2 unspecified atom stereocenters. The van der Waals surface area contributed by atoms with E-state index in [-0.39, 0.29) is 30.9 Å². The van der Waals surface area contributed by atoms with E-state index in [2.05, 4.69) is 26.9 Å². The van der Waals surface area contributed by atoms with E-state index in [9.17, 15) is 76.9 Å². The molecule has 3 aromatic rings. The summed E-state index contributed by atoms with van der Waals surface area (Å²) in [7, 11) is -5.16. The number of nitrogens with two attached hydrogens (primary N) is 1. The van der Waals surface area contributed by atoms with Crippen LogP contribution in [-0.2, 0) is 78.0 Å². The lowest BCUT2D eigenvalue weighted by Gasteiger charge is -2.32. The standard InChI is InChI=1S/C50H64N8O21S/c1-26-22-58-42(43(26)64)49(70)77-52-21-31(60)18-34(54-50(71)76-25-30-11-7-4-8-12-30)48(69)78-56-40(27(2)59)46(67)57-23-32(61)19-35(57)45(66)53-33(44(65)55-41(47(58)68)36(62)20-39(51)63)15-13-28-14-16-37(38(17-28)79-80(72,73)74)75-24-29-9-5-3-6-10-29/h3-12,14,16-17,26-27,31-36,40-43,52,56,59-62,64H,13,15,18-25H2,1-2H3,(H2,51,63)(H,53,66)(H,54,71)(H,55,65)(H,72,73,74)/t26-,27+,31-,32+,33?,34-,35-,36?,40-,41-,42-,43-/m0/s1. The highest BCUT2D eigenvalue weighted by Gasteiger charge is 2.50. The molecular weight excluding hydrogens is 1080 g/mol. The molecule has 0 radical (unpaired) electrons. The quantitative estimate of drug-likeness (QED) is 0.0523. The lowest BCUT2D eigenvalue weighted by Crippen LogP contribution is -2.62. The third-order valence-corrected chi connectivity index (χ3v) is 13.5. The first kappa shape index (κ1) is 61.7. The highest BCUT2D eigenvalue weighted by Crippen LogP contribution is 2.32. The summed E-state index contributed by atoms with van der Waals surface area (Å²) < 4.78 is 49.4. The van der Waals surface area contributed by atoms with Crippen LogP contribution < -0.4 is 41.6 Å². The van der Waals surface area contributed by atoms with E-state index in [1.807, 2.05) is 0 Å². The molecule has 3 aromatic carbocycles. The van der Waals surface area contributed by atoms with Gasteiger partial charge in [0.05, 0.1) is 43.5 Å². The average Bonchev–Trinajstić information content (AvgIpc) is 3.96. The van der Waals surface area contributed by atoms with Gasteiger partial charge in [0, 0.05) is 31.8 Å². The van der Waals surface area contributed by atoms with Crippen LogP contribution in [-0.4, -0.2) is 182 Å². The number of nitrogens with one attached hydrogen (secondary N) is 5. The second-order valence-electron chi connectivity index (χ2n) is 19.4. The highest BCUT2D eigenvalue weighted by atomic mass is 32.3. The van der Waals surface area contributed by atoms with Gasteiger partial charge < -0.3 is 80.3 Å². The molecule has 3 heterocycles. The molecule has 12 atom stereocenters. The number of alkyl carbamates (subject to hydrolysis) is 1. The first-order valence-electron chi connectivity index (χ1n) is 25.1. The number of aliphatic hydroxyl groups excluding tert-OH is 5. The molecule has 0 spiro atoms. The van der Waals surface area contributed by atoms with Gasteiger partial charge >= 0.3 is 28.4 Å². The van der Waals surface area contributed by atoms with Crippen LogP contribution in [0.25, 0.3) is 0 Å². The van der Waals surface area contributed by atoms with Crippen LogP contribution in [0.3, 0.4) is 0 Å². The Morgan fingerprint density at radius 3 is 2.08 bits per heavy atom. The lowest BCUT2D eigenvalue weighted by molar-refractivity contribution is -0.166. The number of amides is 6. The fourth-order valence-corrected chi connectivity index (χ4v) is 9.32. The van der Waals surface area contributed by atoms with Gasteiger partial charge in [0.1, 0.15) is 43.4 Å². The summed E-state index contributed by atoms with van der Waals surface area (Å²) in [6.07, 6.45) is -12.7. The van der Waals surface area contributed by atoms with Crippen LogP contribution >= 0.6 is 0 Å². The number of hydrogen-bond acceptors (Lipinski definition) is 22. The van der Waals surface area contributed by atoms with E-state index in [1.54, 1.807) is 60.7 Å². The molecule has 30 heteroatoms. The molecule has 0 bridgehead atoms. The Balaban J connectivity index is 1.35. The summed E-state index contributed by atoms with van der Waals surface area (Å²) in [4.78, 5) is 122. The summed E-state index contributed by atoms with van der Waals surface area (Å²) in [5.41, 5.74) is 11.1. The van der Waals surface area contributed by atoms with E-state index in [1.165, 1.54) is 19.1 Å². The van der Waals surface area contributed by atoms with Gasteiger partial charge in [-0.3, -0.25) is 28.5 Å². The number of carbonyl (C=O) groups is 8. The second-order valence-corrected chi connectivity index (χ2v) is 20.4. The first-order chi connectivity index (χ1) is 37.9. The molecule has 0 saturated carbocycles. The molecule has 13 N–H and O–H groups in total. The Labute approximate surface area is 457 Å². The number of hydroxylamine groups is 2. The summed E-state index contributed by atoms with van der Waals surface area (Å²) >= 11 is 0. The van der Waals surface area contributed by atoms with Crippen LogP contribution in [0.2, 0.25) is 0 Å². The third kappa shape index (κ3) is 17.2. The van der Waals surface area contributed by atoms with E-state index >= 15 is 0 Å². The number of nitrogens with zero attached hydrogens (tertiary/aromatic N) is 2. The third-order valence-electron chi connectivity index (χ3n) is 13.1. The molecule has 0 aliphatic carbocycles. The molecule has 3 fully saturated rings. The topological polar surface area (TPSA) is 431 Å². The van der Waals surface area contributed by atoms with E-state index in [0.29, 0.717) is 11.1 Å². The van der Waals surface area contributed by atoms with Crippen LogP contribution in [0.5, 0.6) is 11.5 Å². The van der Waals surface area contributed by atoms with Gasteiger partial charge in [0.2, 0.25) is 29.5 Å². The molecule has 3 aliphatic heterocycles. The van der Waals surface area contributed by atoms with Gasteiger partial charge in [0.25, 0.3) is 0 Å². The highest BCUT2D eigenvalue weighted by molar-refractivity contribution is 7.81. The fourth-order valence-electron chi connectivity index (χ4n) is 8.97. The van der Waals surface area contributed by atoms with E-state index in [0.717, 1.165) is 22.8 Å². The van der Waals surface area contributed by atoms with E-state index < -0.39 is 182 Å². The Bertz CT molecular complexity index is 2800. The fraction of sp³-hybridized carbons (Fsp3) is 0.480. The number of benzene rings is 3. The number of aliphatic hydroxyl groups is 5. The average molecular weight is 1150 g/mol. The Morgan fingerprint density at radius 2 is 1.44 bits per heavy atom. The molecule has 0 aromatic heterocycles. The largest absolute Gasteiger partial charge is 0.485 e. The Morgan fingerprint density at radius 1 is 0.787 bits per heavy atom. The normalized spacial score (nSPS) is 26.6. The van der Waals surface area contributed by atoms with Crippen molar-refractivity contribution < 1.29 is 100 Å². The van der Waals surface area contributed by atoms with Gasteiger partial charge in [-0.2, -0.15) is 13.9 Å². The van der Waals surface area contributed by atoms with Crippen LogP contribution in [0, 0.1) is 5.92 Å². The monoisotopic (exact) mass is 1140 g/mol. The second kappa shape index (κ2) is 28.0. The minimum absolute atomic E-state index is 0.0730. The maximum atomic E-state index is 14.6. The molecule has 6 amide bonds. The predicted octanol–water partition coefficient (Wildman–Crippen LogP) is -3.34. The number of carbonyl (C=O) groups excluding carboxylic acids is 8. The van der Waals surface area contributed by atoms with Crippen LogP contribution in [0.1, 0.15) is 56.2 Å². The minimum atomic E-state index is -5.16. The summed E-state index contributed by atoms with van der Waals surface area (Å²) in [5.74, 6) is -10.2. The van der Waals surface area contributed by atoms with Crippen molar-refractivity contribution in [1.82, 2.24) is 36.7 Å². The number of fused-ring (bicyclic) bond motifs is 2. The summed E-state index contributed by atoms with van der Waals surface area (Å²) in [6, 6.07) is 9.67. The zero-order valence-corrected chi connectivity index (χ0v) is 44.0. The van der Waals surface area contributed by atoms with Crippen molar-refractivity contribution in [3.8, 4) is 11.5 Å². The van der Waals surface area contributed by atoms with Gasteiger partial charge in [-0.05, 0) is 48.6 Å². The van der Waals surface area contributed by atoms with Crippen molar-refractivity contribution >= 4 is 58.0 Å². The number of β-amino-alcohol motifs (C(OH)–C–C–N with tert-alkyl or cyclic N) is 1. The zero-order chi connectivity index (χ0) is 58.4. The maximum absolute atomic E-state index is 14.6. The number of primary amides is 1. The molecule has 436 valence electrons. The SMILES string of the molecule is C[C@@H](O)[C@@H]1NOC(=O)[C@@H](NC(=O)OCc2ccccc2)C[C@H](O)CNOC(=O)[C@@H]2[C@@H](O)[C@@H](C)CN2C(=O)[C@H](C(O)CC(N)=O)NC(=O)C(CCc2ccc(OCc3ccccc3)c(OS(=O)(=O)O)c2)NC(=O)[C@@H]2C[C@@H](O)CN2C1=O. The predicted molar refractivity (Wildman–Crippen MR) is 271 cm³/mol. The molecule has 6 rings (SSSR count). The maximum Gasteiger partial charge on any atom is 0.446 e. The van der Waals surface area contributed by atoms with Crippen molar-refractivity contribution in [3.05, 3.63) is 95.6 Å². The van der Waals surface area contributed by atoms with Crippen molar-refractivity contribution in [1.29, 1.82) is 0 Å².